The number of nitrogens with zero attached hydrogens (tertiary/aromatic N) is 2. The minimum Gasteiger partial charge on any atom is -0.258 e. The zero-order valence-electron chi connectivity index (χ0n) is 7.94. The van der Waals surface area contributed by atoms with Crippen molar-refractivity contribution in [1.82, 2.24) is 3.11 Å². The first-order chi connectivity index (χ1) is 7.08. The summed E-state index contributed by atoms with van der Waals surface area (Å²) in [4.78, 5) is 10.3. The molecule has 1 aliphatic rings. The Balaban J connectivity index is 2.46. The van der Waals surface area contributed by atoms with Crippen molar-refractivity contribution in [2.24, 2.45) is 0 Å². The molecule has 0 N–H and O–H groups in total. The molecule has 1 aromatic rings. The predicted octanol–water partition coefficient (Wildman–Crippen LogP) is 1.10. The molecular formula is C9H8BIN2O2. The summed E-state index contributed by atoms with van der Waals surface area (Å²) in [6.45, 7) is 1.73. The van der Waals surface area contributed by atoms with E-state index in [0.29, 0.717) is 0 Å². The van der Waals surface area contributed by atoms with Gasteiger partial charge in [-0.25, -0.2) is 3.11 Å². The largest absolute Gasteiger partial charge is 0.262 e. The van der Waals surface area contributed by atoms with Crippen molar-refractivity contribution < 1.29 is 4.92 Å². The third kappa shape index (κ3) is 2.15. The van der Waals surface area contributed by atoms with Crippen LogP contribution in [0.3, 0.4) is 0 Å². The van der Waals surface area contributed by atoms with Gasteiger partial charge in [0.25, 0.3) is 5.69 Å². The van der Waals surface area contributed by atoms with E-state index in [4.69, 9.17) is 7.85 Å². The number of benzene rings is 1. The van der Waals surface area contributed by atoms with Gasteiger partial charge in [-0.3, -0.25) is 10.1 Å². The summed E-state index contributed by atoms with van der Waals surface area (Å²) < 4.78 is 2.14. The van der Waals surface area contributed by atoms with E-state index in [9.17, 15) is 10.1 Å². The summed E-state index contributed by atoms with van der Waals surface area (Å²) in [6.07, 6.45) is 0.847. The minimum absolute atomic E-state index is 0.0238. The van der Waals surface area contributed by atoms with Crippen molar-refractivity contribution in [3.63, 3.8) is 0 Å². The van der Waals surface area contributed by atoms with Crippen LogP contribution in [0.5, 0.6) is 0 Å². The quantitative estimate of drug-likeness (QED) is 0.256. The van der Waals surface area contributed by atoms with Crippen molar-refractivity contribution in [1.29, 1.82) is 0 Å². The molecule has 0 amide bonds. The molecule has 2 radical (unpaired) electrons. The van der Waals surface area contributed by atoms with Crippen LogP contribution in [-0.4, -0.2) is 22.4 Å². The van der Waals surface area contributed by atoms with Crippen LogP contribution in [0.1, 0.15) is 11.1 Å². The smallest absolute Gasteiger partial charge is 0.258 e. The molecule has 0 fully saturated rings. The Morgan fingerprint density at radius 3 is 2.87 bits per heavy atom. The Kier molecular flexibility index (Phi) is 2.97. The van der Waals surface area contributed by atoms with Crippen molar-refractivity contribution >= 4 is 41.9 Å². The lowest BCUT2D eigenvalue weighted by atomic mass is 9.88. The van der Waals surface area contributed by atoms with E-state index in [-0.39, 0.29) is 11.2 Å². The molecule has 2 rings (SSSR count). The summed E-state index contributed by atoms with van der Waals surface area (Å²) in [7, 11) is 5.63. The molecule has 0 aliphatic carbocycles. The second-order valence-electron chi connectivity index (χ2n) is 3.53. The first-order valence-electron chi connectivity index (χ1n) is 4.54. The van der Waals surface area contributed by atoms with Crippen LogP contribution in [0.2, 0.25) is 0 Å². The SMILES string of the molecule is [B]c1cc2c(cc1[N+](=O)[O-])CCN(I)C2. The highest BCUT2D eigenvalue weighted by molar-refractivity contribution is 14.1. The van der Waals surface area contributed by atoms with Crippen molar-refractivity contribution in [3.8, 4) is 0 Å². The Bertz CT molecular complexity index is 425. The standard InChI is InChI=1S/C9H8BIN2O2/c10-8-3-7-5-12(11)2-1-6(7)4-9(8)13(14)15/h3-4H,1-2,5H2. The zero-order valence-corrected chi connectivity index (χ0v) is 10.1. The molecule has 0 unspecified atom stereocenters. The van der Waals surface area contributed by atoms with Crippen LogP contribution in [0, 0.1) is 10.1 Å². The molecule has 6 heteroatoms. The number of rotatable bonds is 1. The molecule has 0 saturated heterocycles. The highest BCUT2D eigenvalue weighted by atomic mass is 127. The highest BCUT2D eigenvalue weighted by Crippen LogP contribution is 2.23. The number of nitro groups is 1. The summed E-state index contributed by atoms with van der Waals surface area (Å²) in [5.74, 6) is 0. The maximum absolute atomic E-state index is 10.7. The predicted molar refractivity (Wildman–Crippen MR) is 66.6 cm³/mol. The lowest BCUT2D eigenvalue weighted by Gasteiger charge is -2.23. The third-order valence-corrected chi connectivity index (χ3v) is 3.33. The number of halogens is 1. The molecule has 0 saturated carbocycles. The van der Waals surface area contributed by atoms with E-state index in [1.807, 2.05) is 0 Å². The van der Waals surface area contributed by atoms with Gasteiger partial charge in [-0.1, -0.05) is 6.07 Å². The number of hydrogen-bond donors (Lipinski definition) is 0. The number of fused-ring (bicyclic) bond motifs is 1. The summed E-state index contributed by atoms with van der Waals surface area (Å²) in [5, 5.41) is 10.7. The van der Waals surface area contributed by atoms with Gasteiger partial charge in [-0.2, -0.15) is 0 Å². The Hall–Kier alpha value is -0.625. The second-order valence-corrected chi connectivity index (χ2v) is 4.90. The van der Waals surface area contributed by atoms with Gasteiger partial charge >= 0.3 is 0 Å². The first-order valence-corrected chi connectivity index (χ1v) is 5.51. The van der Waals surface area contributed by atoms with Crippen LogP contribution in [0.4, 0.5) is 5.69 Å². The van der Waals surface area contributed by atoms with Gasteiger partial charge in [-0.05, 0) is 23.0 Å². The molecule has 0 bridgehead atoms. The van der Waals surface area contributed by atoms with E-state index in [1.54, 1.807) is 12.1 Å². The topological polar surface area (TPSA) is 46.4 Å². The summed E-state index contributed by atoms with van der Waals surface area (Å²) in [6, 6.07) is 3.33. The van der Waals surface area contributed by atoms with E-state index in [2.05, 4.69) is 26.0 Å². The van der Waals surface area contributed by atoms with Gasteiger partial charge in [-0.15, -0.1) is 0 Å². The number of nitro benzene ring substituents is 1. The fourth-order valence-electron chi connectivity index (χ4n) is 1.74. The molecule has 76 valence electrons. The summed E-state index contributed by atoms with van der Waals surface area (Å²) in [5.41, 5.74) is 2.42. The van der Waals surface area contributed by atoms with E-state index in [1.165, 1.54) is 0 Å². The van der Waals surface area contributed by atoms with E-state index < -0.39 is 4.92 Å². The lowest BCUT2D eigenvalue weighted by molar-refractivity contribution is -0.383. The monoisotopic (exact) mass is 314 g/mol. The molecule has 4 nitrogen and oxygen atoms in total. The highest BCUT2D eigenvalue weighted by Gasteiger charge is 2.19. The maximum atomic E-state index is 10.7. The molecular weight excluding hydrogens is 306 g/mol. The molecule has 1 heterocycles. The van der Waals surface area contributed by atoms with Crippen LogP contribution >= 0.6 is 22.9 Å². The third-order valence-electron chi connectivity index (χ3n) is 2.51. The van der Waals surface area contributed by atoms with Crippen LogP contribution in [-0.2, 0) is 13.0 Å². The molecule has 0 spiro atoms. The van der Waals surface area contributed by atoms with Gasteiger partial charge in [0.1, 0.15) is 7.85 Å². The zero-order chi connectivity index (χ0) is 11.0. The van der Waals surface area contributed by atoms with E-state index >= 15 is 0 Å². The van der Waals surface area contributed by atoms with E-state index in [0.717, 1.165) is 30.6 Å². The number of hydrogen-bond acceptors (Lipinski definition) is 3. The average molecular weight is 314 g/mol. The molecule has 1 aliphatic heterocycles. The van der Waals surface area contributed by atoms with Gasteiger partial charge in [0.2, 0.25) is 0 Å². The molecule has 1 aromatic carbocycles. The van der Waals surface area contributed by atoms with Gasteiger partial charge in [0.15, 0.2) is 0 Å². The Morgan fingerprint density at radius 1 is 1.47 bits per heavy atom. The Morgan fingerprint density at radius 2 is 2.20 bits per heavy atom. The fraction of sp³-hybridized carbons (Fsp3) is 0.333. The van der Waals surface area contributed by atoms with Crippen LogP contribution in [0.25, 0.3) is 0 Å². The molecule has 0 atom stereocenters. The second kappa shape index (κ2) is 4.09. The van der Waals surface area contributed by atoms with Crippen molar-refractivity contribution in [2.45, 2.75) is 13.0 Å². The normalized spacial score (nSPS) is 16.1. The van der Waals surface area contributed by atoms with Crippen LogP contribution in [0.15, 0.2) is 12.1 Å². The van der Waals surface area contributed by atoms with Gasteiger partial charge in [0, 0.05) is 42.0 Å². The Labute approximate surface area is 103 Å². The molecule has 15 heavy (non-hydrogen) atoms. The lowest BCUT2D eigenvalue weighted by Crippen LogP contribution is -2.24. The van der Waals surface area contributed by atoms with Crippen molar-refractivity contribution in [3.05, 3.63) is 33.4 Å². The first kappa shape index (κ1) is 10.9. The van der Waals surface area contributed by atoms with Gasteiger partial charge < -0.3 is 0 Å². The fourth-order valence-corrected chi connectivity index (χ4v) is 2.35. The van der Waals surface area contributed by atoms with Crippen molar-refractivity contribution in [2.75, 3.05) is 6.54 Å². The average Bonchev–Trinajstić information content (AvgIpc) is 2.15. The molecule has 0 aromatic heterocycles. The van der Waals surface area contributed by atoms with Gasteiger partial charge in [0.05, 0.1) is 4.92 Å². The van der Waals surface area contributed by atoms with Crippen LogP contribution < -0.4 is 5.46 Å². The minimum atomic E-state index is -0.425. The summed E-state index contributed by atoms with van der Waals surface area (Å²) >= 11 is 2.25. The maximum Gasteiger partial charge on any atom is 0.262 e.